The summed E-state index contributed by atoms with van der Waals surface area (Å²) in [6.07, 6.45) is 3.04. The molecule has 2 rings (SSSR count). The van der Waals surface area contributed by atoms with E-state index in [0.717, 1.165) is 5.56 Å². The molecule has 0 saturated heterocycles. The van der Waals surface area contributed by atoms with Crippen LogP contribution < -0.4 is 10.5 Å². The number of nitrogens with two attached hydrogens (primary N) is 1. The van der Waals surface area contributed by atoms with Crippen LogP contribution in [0.25, 0.3) is 0 Å². The number of ether oxygens (including phenoxy) is 1. The zero-order chi connectivity index (χ0) is 14.5. The fourth-order valence-corrected chi connectivity index (χ4v) is 2.91. The average molecular weight is 287 g/mol. The van der Waals surface area contributed by atoms with Gasteiger partial charge >= 0.3 is 0 Å². The van der Waals surface area contributed by atoms with E-state index in [2.05, 4.69) is 4.98 Å². The number of rotatable bonds is 4. The fourth-order valence-electron chi connectivity index (χ4n) is 1.75. The number of pyridine rings is 1. The van der Waals surface area contributed by atoms with Crippen molar-refractivity contribution < 1.29 is 8.95 Å². The van der Waals surface area contributed by atoms with Crippen LogP contribution in [0.2, 0.25) is 0 Å². The molecule has 1 heterocycles. The maximum absolute atomic E-state index is 12.3. The summed E-state index contributed by atoms with van der Waals surface area (Å²) in [6.45, 7) is 0. The highest BCUT2D eigenvalue weighted by atomic mass is 32.2. The van der Waals surface area contributed by atoms with Crippen molar-refractivity contribution in [3.05, 3.63) is 47.8 Å². The van der Waals surface area contributed by atoms with Crippen molar-refractivity contribution in [2.24, 2.45) is 0 Å². The number of nitriles is 1. The molecule has 0 amide bonds. The number of aromatic nitrogens is 1. The van der Waals surface area contributed by atoms with Gasteiger partial charge in [0, 0.05) is 6.20 Å². The van der Waals surface area contributed by atoms with Gasteiger partial charge in [0.1, 0.15) is 11.8 Å². The highest BCUT2D eigenvalue weighted by Gasteiger charge is 2.11. The third-order valence-corrected chi connectivity index (χ3v) is 4.20. The lowest BCUT2D eigenvalue weighted by molar-refractivity contribution is 0.413. The van der Waals surface area contributed by atoms with Crippen LogP contribution >= 0.6 is 0 Å². The lowest BCUT2D eigenvalue weighted by Gasteiger charge is -2.08. The Morgan fingerprint density at radius 1 is 1.45 bits per heavy atom. The largest absolute Gasteiger partial charge is 0.495 e. The second-order valence-corrected chi connectivity index (χ2v) is 5.47. The Hall–Kier alpha value is -2.39. The molecule has 0 saturated carbocycles. The molecule has 2 N–H and O–H groups in total. The van der Waals surface area contributed by atoms with Gasteiger partial charge in [-0.1, -0.05) is 6.07 Å². The summed E-state index contributed by atoms with van der Waals surface area (Å²) in [5.74, 6) is 0.778. The summed E-state index contributed by atoms with van der Waals surface area (Å²) in [5.41, 5.74) is 7.43. The van der Waals surface area contributed by atoms with E-state index in [1.807, 2.05) is 6.07 Å². The summed E-state index contributed by atoms with van der Waals surface area (Å²) in [5, 5.41) is 8.92. The highest BCUT2D eigenvalue weighted by molar-refractivity contribution is 7.84. The first-order chi connectivity index (χ1) is 9.65. The van der Waals surface area contributed by atoms with E-state index in [1.54, 1.807) is 30.5 Å². The van der Waals surface area contributed by atoms with Crippen LogP contribution in [0, 0.1) is 11.3 Å². The van der Waals surface area contributed by atoms with Crippen LogP contribution in [-0.4, -0.2) is 16.3 Å². The van der Waals surface area contributed by atoms with E-state index in [0.29, 0.717) is 27.6 Å². The van der Waals surface area contributed by atoms with E-state index < -0.39 is 10.8 Å². The molecule has 0 radical (unpaired) electrons. The standard InChI is InChI=1S/C14H13N3O2S/c1-19-13-6-10(2-3-11(13)7-15)9-20(18)14-4-5-17-8-12(14)16/h2-6,8H,9,16H2,1H3. The van der Waals surface area contributed by atoms with Crippen molar-refractivity contribution >= 4 is 16.5 Å². The van der Waals surface area contributed by atoms with E-state index in [1.165, 1.54) is 13.3 Å². The Kier molecular flexibility index (Phi) is 4.33. The number of hydrogen-bond donors (Lipinski definition) is 1. The minimum Gasteiger partial charge on any atom is -0.495 e. The van der Waals surface area contributed by atoms with Gasteiger partial charge in [-0.25, -0.2) is 0 Å². The SMILES string of the molecule is COc1cc(CS(=O)c2ccncc2N)ccc1C#N. The first kappa shape index (κ1) is 14.0. The summed E-state index contributed by atoms with van der Waals surface area (Å²) in [6, 6.07) is 8.81. The molecule has 1 unspecified atom stereocenters. The topological polar surface area (TPSA) is 89.0 Å². The molecular weight excluding hydrogens is 274 g/mol. The van der Waals surface area contributed by atoms with Gasteiger partial charge in [0.15, 0.2) is 0 Å². The van der Waals surface area contributed by atoms with Crippen molar-refractivity contribution in [1.29, 1.82) is 5.26 Å². The third-order valence-electron chi connectivity index (χ3n) is 2.74. The number of anilines is 1. The Balaban J connectivity index is 2.25. The monoisotopic (exact) mass is 287 g/mol. The molecule has 0 aliphatic carbocycles. The van der Waals surface area contributed by atoms with Crippen molar-refractivity contribution in [3.63, 3.8) is 0 Å². The van der Waals surface area contributed by atoms with Gasteiger partial charge in [-0.2, -0.15) is 5.26 Å². The van der Waals surface area contributed by atoms with Crippen LogP contribution in [-0.2, 0) is 16.6 Å². The zero-order valence-electron chi connectivity index (χ0n) is 10.9. The summed E-state index contributed by atoms with van der Waals surface area (Å²) < 4.78 is 17.4. The number of nitrogens with zero attached hydrogens (tertiary/aromatic N) is 2. The van der Waals surface area contributed by atoms with Crippen LogP contribution in [0.15, 0.2) is 41.6 Å². The average Bonchev–Trinajstić information content (AvgIpc) is 2.47. The van der Waals surface area contributed by atoms with Gasteiger partial charge in [-0.3, -0.25) is 9.19 Å². The molecular formula is C14H13N3O2S. The van der Waals surface area contributed by atoms with Crippen molar-refractivity contribution in [2.45, 2.75) is 10.6 Å². The molecule has 1 atom stereocenters. The van der Waals surface area contributed by atoms with E-state index >= 15 is 0 Å². The van der Waals surface area contributed by atoms with Gasteiger partial charge in [-0.15, -0.1) is 0 Å². The van der Waals surface area contributed by atoms with Gasteiger partial charge in [0.25, 0.3) is 0 Å². The van der Waals surface area contributed by atoms with Gasteiger partial charge in [0.05, 0.1) is 46.0 Å². The van der Waals surface area contributed by atoms with Gasteiger partial charge in [-0.05, 0) is 23.8 Å². The Labute approximate surface area is 119 Å². The first-order valence-electron chi connectivity index (χ1n) is 5.80. The van der Waals surface area contributed by atoms with Crippen LogP contribution in [0.4, 0.5) is 5.69 Å². The Morgan fingerprint density at radius 3 is 2.90 bits per heavy atom. The second-order valence-electron chi connectivity index (χ2n) is 4.05. The van der Waals surface area contributed by atoms with Crippen LogP contribution in [0.5, 0.6) is 5.75 Å². The van der Waals surface area contributed by atoms with Crippen molar-refractivity contribution in [3.8, 4) is 11.8 Å². The molecule has 20 heavy (non-hydrogen) atoms. The van der Waals surface area contributed by atoms with E-state index in [-0.39, 0.29) is 0 Å². The molecule has 0 bridgehead atoms. The quantitative estimate of drug-likeness (QED) is 0.927. The van der Waals surface area contributed by atoms with Crippen molar-refractivity contribution in [2.75, 3.05) is 12.8 Å². The van der Waals surface area contributed by atoms with Crippen LogP contribution in [0.1, 0.15) is 11.1 Å². The molecule has 2 aromatic rings. The predicted molar refractivity (Wildman–Crippen MR) is 76.5 cm³/mol. The number of hydrogen-bond acceptors (Lipinski definition) is 5. The third kappa shape index (κ3) is 2.95. The minimum absolute atomic E-state index is 0.302. The Bertz CT molecular complexity index is 695. The smallest absolute Gasteiger partial charge is 0.136 e. The molecule has 6 heteroatoms. The maximum Gasteiger partial charge on any atom is 0.136 e. The van der Waals surface area contributed by atoms with Gasteiger partial charge < -0.3 is 10.5 Å². The molecule has 0 aliphatic rings. The number of methoxy groups -OCH3 is 1. The maximum atomic E-state index is 12.3. The molecule has 1 aromatic carbocycles. The highest BCUT2D eigenvalue weighted by Crippen LogP contribution is 2.23. The van der Waals surface area contributed by atoms with E-state index in [4.69, 9.17) is 15.7 Å². The molecule has 102 valence electrons. The lowest BCUT2D eigenvalue weighted by Crippen LogP contribution is -2.02. The lowest BCUT2D eigenvalue weighted by atomic mass is 10.1. The minimum atomic E-state index is -1.27. The summed E-state index contributed by atoms with van der Waals surface area (Å²) in [4.78, 5) is 4.43. The molecule has 5 nitrogen and oxygen atoms in total. The first-order valence-corrected chi connectivity index (χ1v) is 7.12. The zero-order valence-corrected chi connectivity index (χ0v) is 11.7. The predicted octanol–water partition coefficient (Wildman–Crippen LogP) is 1.85. The number of benzene rings is 1. The molecule has 0 fully saturated rings. The Morgan fingerprint density at radius 2 is 2.25 bits per heavy atom. The summed E-state index contributed by atoms with van der Waals surface area (Å²) in [7, 11) is 0.230. The summed E-state index contributed by atoms with van der Waals surface area (Å²) >= 11 is 0. The van der Waals surface area contributed by atoms with Gasteiger partial charge in [0.2, 0.25) is 0 Å². The second kappa shape index (κ2) is 6.17. The molecule has 1 aromatic heterocycles. The van der Waals surface area contributed by atoms with E-state index in [9.17, 15) is 4.21 Å². The number of nitrogen functional groups attached to an aromatic ring is 1. The van der Waals surface area contributed by atoms with Crippen molar-refractivity contribution in [1.82, 2.24) is 4.98 Å². The molecule has 0 aliphatic heterocycles. The van der Waals surface area contributed by atoms with Crippen LogP contribution in [0.3, 0.4) is 0 Å². The molecule has 0 spiro atoms. The normalized spacial score (nSPS) is 11.6. The fraction of sp³-hybridized carbons (Fsp3) is 0.143.